The smallest absolute Gasteiger partial charge is 0.171 e. The Labute approximate surface area is 123 Å². The molecule has 0 spiro atoms. The molecule has 2 aromatic carbocycles. The number of fused-ring (bicyclic) bond motifs is 1. The van der Waals surface area contributed by atoms with Crippen LogP contribution in [-0.2, 0) is 0 Å². The maximum Gasteiger partial charge on any atom is 0.171 e. The molecule has 0 fully saturated rings. The number of hydrogen-bond donors (Lipinski definition) is 0. The predicted molar refractivity (Wildman–Crippen MR) is 84.0 cm³/mol. The van der Waals surface area contributed by atoms with E-state index in [1.165, 1.54) is 0 Å². The van der Waals surface area contributed by atoms with E-state index in [2.05, 4.69) is 30.7 Å². The first-order chi connectivity index (χ1) is 10.2. The third-order valence-corrected chi connectivity index (χ3v) is 3.30. The third kappa shape index (κ3) is 3.16. The SMILES string of the molecule is CN=NCN=Nc1ccc2ccc(N=NC)c(C)c2c1C. The molecule has 0 bridgehead atoms. The maximum absolute atomic E-state index is 4.23. The van der Waals surface area contributed by atoms with Gasteiger partial charge < -0.3 is 0 Å². The van der Waals surface area contributed by atoms with Gasteiger partial charge in [-0.05, 0) is 47.9 Å². The van der Waals surface area contributed by atoms with Gasteiger partial charge in [0.1, 0.15) is 0 Å². The number of rotatable bonds is 4. The van der Waals surface area contributed by atoms with Crippen LogP contribution in [0, 0.1) is 13.8 Å². The first-order valence-electron chi connectivity index (χ1n) is 6.65. The second kappa shape index (κ2) is 6.78. The van der Waals surface area contributed by atoms with Crippen molar-refractivity contribution >= 4 is 22.1 Å². The molecule has 6 nitrogen and oxygen atoms in total. The Balaban J connectivity index is 2.54. The summed E-state index contributed by atoms with van der Waals surface area (Å²) in [6.45, 7) is 4.33. The van der Waals surface area contributed by atoms with Crippen LogP contribution in [0.3, 0.4) is 0 Å². The van der Waals surface area contributed by atoms with Crippen LogP contribution < -0.4 is 0 Å². The van der Waals surface area contributed by atoms with E-state index in [9.17, 15) is 0 Å². The average molecular weight is 282 g/mol. The topological polar surface area (TPSA) is 74.2 Å². The van der Waals surface area contributed by atoms with Gasteiger partial charge in [0.15, 0.2) is 6.67 Å². The van der Waals surface area contributed by atoms with Gasteiger partial charge in [0.25, 0.3) is 0 Å². The van der Waals surface area contributed by atoms with E-state index in [1.807, 2.05) is 38.1 Å². The van der Waals surface area contributed by atoms with Gasteiger partial charge in [-0.2, -0.15) is 30.7 Å². The van der Waals surface area contributed by atoms with Gasteiger partial charge in [-0.25, -0.2) is 0 Å². The van der Waals surface area contributed by atoms with E-state index >= 15 is 0 Å². The molecule has 0 saturated carbocycles. The van der Waals surface area contributed by atoms with Gasteiger partial charge >= 0.3 is 0 Å². The van der Waals surface area contributed by atoms with Crippen molar-refractivity contribution in [3.8, 4) is 0 Å². The lowest BCUT2D eigenvalue weighted by Crippen LogP contribution is -1.85. The molecule has 0 saturated heterocycles. The van der Waals surface area contributed by atoms with Gasteiger partial charge in [-0.1, -0.05) is 12.1 Å². The largest absolute Gasteiger partial charge is 0.196 e. The third-order valence-electron chi connectivity index (χ3n) is 3.30. The normalized spacial score (nSPS) is 12.4. The molecule has 108 valence electrons. The molecule has 21 heavy (non-hydrogen) atoms. The second-order valence-corrected chi connectivity index (χ2v) is 4.54. The number of nitrogens with zero attached hydrogens (tertiary/aromatic N) is 6. The molecular formula is C15H18N6. The summed E-state index contributed by atoms with van der Waals surface area (Å²) in [6, 6.07) is 8.03. The quantitative estimate of drug-likeness (QED) is 0.683. The second-order valence-electron chi connectivity index (χ2n) is 4.54. The molecule has 0 N–H and O–H groups in total. The summed E-state index contributed by atoms with van der Waals surface area (Å²) in [5.41, 5.74) is 3.89. The van der Waals surface area contributed by atoms with Crippen molar-refractivity contribution < 1.29 is 0 Å². The van der Waals surface area contributed by atoms with Crippen molar-refractivity contribution in [1.29, 1.82) is 0 Å². The molecule has 0 aliphatic heterocycles. The summed E-state index contributed by atoms with van der Waals surface area (Å²) in [5.74, 6) is 0. The molecule has 0 aliphatic carbocycles. The highest BCUT2D eigenvalue weighted by atomic mass is 15.2. The Morgan fingerprint density at radius 2 is 1.38 bits per heavy atom. The molecular weight excluding hydrogens is 264 g/mol. The zero-order valence-electron chi connectivity index (χ0n) is 12.7. The van der Waals surface area contributed by atoms with E-state index in [0.717, 1.165) is 33.3 Å². The number of benzene rings is 2. The van der Waals surface area contributed by atoms with Crippen LogP contribution in [0.25, 0.3) is 10.8 Å². The van der Waals surface area contributed by atoms with E-state index in [4.69, 9.17) is 0 Å². The molecule has 0 aromatic heterocycles. The van der Waals surface area contributed by atoms with E-state index in [-0.39, 0.29) is 6.67 Å². The Morgan fingerprint density at radius 3 is 1.95 bits per heavy atom. The minimum atomic E-state index is 0.247. The fourth-order valence-corrected chi connectivity index (χ4v) is 2.30. The van der Waals surface area contributed by atoms with Crippen LogP contribution in [0.4, 0.5) is 11.4 Å². The average Bonchev–Trinajstić information content (AvgIpc) is 2.48. The van der Waals surface area contributed by atoms with E-state index in [1.54, 1.807) is 14.1 Å². The van der Waals surface area contributed by atoms with E-state index < -0.39 is 0 Å². The van der Waals surface area contributed by atoms with Crippen LogP contribution in [-0.4, -0.2) is 20.8 Å². The van der Waals surface area contributed by atoms with Crippen LogP contribution >= 0.6 is 0 Å². The van der Waals surface area contributed by atoms with E-state index in [0.29, 0.717) is 0 Å². The van der Waals surface area contributed by atoms with Crippen LogP contribution in [0.1, 0.15) is 11.1 Å². The van der Waals surface area contributed by atoms with Crippen LogP contribution in [0.2, 0.25) is 0 Å². The van der Waals surface area contributed by atoms with Crippen molar-refractivity contribution in [2.24, 2.45) is 30.7 Å². The molecule has 0 amide bonds. The zero-order chi connectivity index (χ0) is 15.2. The molecule has 2 rings (SSSR count). The summed E-state index contributed by atoms with van der Waals surface area (Å²) in [4.78, 5) is 0. The number of aryl methyl sites for hydroxylation is 2. The van der Waals surface area contributed by atoms with Crippen molar-refractivity contribution in [2.75, 3.05) is 20.8 Å². The first kappa shape index (κ1) is 14.9. The lowest BCUT2D eigenvalue weighted by Gasteiger charge is -2.09. The Bertz CT molecular complexity index is 731. The Morgan fingerprint density at radius 1 is 0.762 bits per heavy atom. The van der Waals surface area contributed by atoms with Gasteiger partial charge in [-0.15, -0.1) is 0 Å². The Hall–Kier alpha value is -2.50. The van der Waals surface area contributed by atoms with Crippen molar-refractivity contribution in [3.63, 3.8) is 0 Å². The number of hydrogen-bond acceptors (Lipinski definition) is 6. The standard InChI is InChI=1S/C15H18N6/c1-10-13(20-17-4)7-5-12-6-8-14(11(2)15(10)12)21-19-9-18-16-3/h5-8H,9H2,1-4H3. The molecule has 0 radical (unpaired) electrons. The minimum absolute atomic E-state index is 0.247. The molecule has 6 heteroatoms. The summed E-state index contributed by atoms with van der Waals surface area (Å²) < 4.78 is 0. The Kier molecular flexibility index (Phi) is 4.81. The highest BCUT2D eigenvalue weighted by Gasteiger charge is 2.08. The molecule has 0 atom stereocenters. The lowest BCUT2D eigenvalue weighted by atomic mass is 9.98. The monoisotopic (exact) mass is 282 g/mol. The first-order valence-corrected chi connectivity index (χ1v) is 6.65. The molecule has 2 aromatic rings. The summed E-state index contributed by atoms with van der Waals surface area (Å²) in [5, 5.41) is 26.0. The van der Waals surface area contributed by atoms with Gasteiger partial charge in [0, 0.05) is 14.1 Å². The predicted octanol–water partition coefficient (Wildman–Crippen LogP) is 5.29. The molecule has 0 aliphatic rings. The van der Waals surface area contributed by atoms with Crippen molar-refractivity contribution in [2.45, 2.75) is 13.8 Å². The summed E-state index contributed by atoms with van der Waals surface area (Å²) in [7, 11) is 3.29. The molecule has 0 unspecified atom stereocenters. The van der Waals surface area contributed by atoms with Crippen LogP contribution in [0.5, 0.6) is 0 Å². The lowest BCUT2D eigenvalue weighted by molar-refractivity contribution is 0.888. The highest BCUT2D eigenvalue weighted by Crippen LogP contribution is 2.34. The van der Waals surface area contributed by atoms with Gasteiger partial charge in [-0.3, -0.25) is 0 Å². The van der Waals surface area contributed by atoms with Crippen molar-refractivity contribution in [3.05, 3.63) is 35.4 Å². The summed E-state index contributed by atoms with van der Waals surface area (Å²) >= 11 is 0. The van der Waals surface area contributed by atoms with Gasteiger partial charge in [0.2, 0.25) is 0 Å². The van der Waals surface area contributed by atoms with Crippen molar-refractivity contribution in [1.82, 2.24) is 0 Å². The highest BCUT2D eigenvalue weighted by molar-refractivity contribution is 5.94. The number of azo groups is 3. The molecule has 0 heterocycles. The zero-order valence-corrected chi connectivity index (χ0v) is 12.7. The van der Waals surface area contributed by atoms with Crippen LogP contribution in [0.15, 0.2) is 55.0 Å². The fraction of sp³-hybridized carbons (Fsp3) is 0.333. The minimum Gasteiger partial charge on any atom is -0.196 e. The maximum atomic E-state index is 4.23. The summed E-state index contributed by atoms with van der Waals surface area (Å²) in [6.07, 6.45) is 0. The fourth-order valence-electron chi connectivity index (χ4n) is 2.30. The van der Waals surface area contributed by atoms with Gasteiger partial charge in [0.05, 0.1) is 11.4 Å².